The van der Waals surface area contributed by atoms with E-state index < -0.39 is 16.0 Å². The molecule has 1 fully saturated rings. The van der Waals surface area contributed by atoms with Gasteiger partial charge in [-0.25, -0.2) is 13.2 Å². The van der Waals surface area contributed by atoms with Crippen LogP contribution in [0, 0.1) is 0 Å². The summed E-state index contributed by atoms with van der Waals surface area (Å²) in [6, 6.07) is 3.96. The second kappa shape index (κ2) is 6.31. The third kappa shape index (κ3) is 3.21. The number of halogens is 1. The maximum atomic E-state index is 12.7. The summed E-state index contributed by atoms with van der Waals surface area (Å²) in [4.78, 5) is 11.7. The number of benzene rings is 1. The molecular formula is C13H17ClN2O4S. The molecule has 1 unspecified atom stereocenters. The van der Waals surface area contributed by atoms with Gasteiger partial charge in [-0.3, -0.25) is 0 Å². The first-order chi connectivity index (χ1) is 9.87. The van der Waals surface area contributed by atoms with Gasteiger partial charge in [-0.05, 0) is 31.2 Å². The summed E-state index contributed by atoms with van der Waals surface area (Å²) >= 11 is 5.85. The van der Waals surface area contributed by atoms with E-state index in [1.807, 2.05) is 0 Å². The van der Waals surface area contributed by atoms with Crippen LogP contribution in [0.4, 0.5) is 0 Å². The van der Waals surface area contributed by atoms with Gasteiger partial charge in [0.15, 0.2) is 0 Å². The fourth-order valence-electron chi connectivity index (χ4n) is 2.30. The molecule has 0 aliphatic carbocycles. The van der Waals surface area contributed by atoms with Crippen LogP contribution in [-0.2, 0) is 14.8 Å². The molecule has 1 atom stereocenters. The average molecular weight is 333 g/mol. The molecule has 1 aliphatic heterocycles. The highest BCUT2D eigenvalue weighted by Crippen LogP contribution is 2.26. The number of ether oxygens (including phenoxy) is 1. The topological polar surface area (TPSA) is 75.7 Å². The summed E-state index contributed by atoms with van der Waals surface area (Å²) in [6.45, 7) is 1.37. The lowest BCUT2D eigenvalue weighted by Gasteiger charge is -2.24. The molecule has 0 bridgehead atoms. The smallest absolute Gasteiger partial charge is 0.339 e. The zero-order valence-corrected chi connectivity index (χ0v) is 13.4. The predicted octanol–water partition coefficient (Wildman–Crippen LogP) is 1.11. The number of hydrogen-bond acceptors (Lipinski definition) is 5. The van der Waals surface area contributed by atoms with Crippen molar-refractivity contribution in [3.63, 3.8) is 0 Å². The number of nitrogens with one attached hydrogen (secondary N) is 1. The van der Waals surface area contributed by atoms with Crippen molar-refractivity contribution in [1.29, 1.82) is 0 Å². The number of esters is 1. The Morgan fingerprint density at radius 3 is 2.76 bits per heavy atom. The molecule has 0 amide bonds. The number of methoxy groups -OCH3 is 1. The van der Waals surface area contributed by atoms with Gasteiger partial charge in [0, 0.05) is 24.7 Å². The largest absolute Gasteiger partial charge is 0.465 e. The molecule has 1 aliphatic rings. The van der Waals surface area contributed by atoms with Gasteiger partial charge < -0.3 is 10.1 Å². The van der Waals surface area contributed by atoms with E-state index in [4.69, 9.17) is 11.6 Å². The summed E-state index contributed by atoms with van der Waals surface area (Å²) in [6.07, 6.45) is 0.733. The number of carbonyl (C=O) groups excluding carboxylic acids is 1. The van der Waals surface area contributed by atoms with E-state index in [2.05, 4.69) is 10.1 Å². The first-order valence-corrected chi connectivity index (χ1v) is 8.26. The van der Waals surface area contributed by atoms with Gasteiger partial charge in [-0.15, -0.1) is 0 Å². The second-order valence-electron chi connectivity index (χ2n) is 4.80. The standard InChI is InChI=1S/C13H17ClN2O4S/c1-16(10-5-6-15-8-10)21(18,19)12-4-3-9(14)7-11(12)13(17)20-2/h3-4,7,10,15H,5-6,8H2,1-2H3. The first-order valence-electron chi connectivity index (χ1n) is 6.44. The highest BCUT2D eigenvalue weighted by Gasteiger charge is 2.33. The number of sulfonamides is 1. The minimum atomic E-state index is -3.79. The molecule has 6 nitrogen and oxygen atoms in total. The van der Waals surface area contributed by atoms with E-state index in [9.17, 15) is 13.2 Å². The van der Waals surface area contributed by atoms with Crippen molar-refractivity contribution in [2.24, 2.45) is 0 Å². The lowest BCUT2D eigenvalue weighted by molar-refractivity contribution is 0.0596. The first kappa shape index (κ1) is 16.2. The van der Waals surface area contributed by atoms with Gasteiger partial charge in [0.25, 0.3) is 0 Å². The molecule has 1 N–H and O–H groups in total. The number of hydrogen-bond donors (Lipinski definition) is 1. The molecule has 1 heterocycles. The van der Waals surface area contributed by atoms with Crippen molar-refractivity contribution < 1.29 is 17.9 Å². The predicted molar refractivity (Wildman–Crippen MR) is 79.0 cm³/mol. The quantitative estimate of drug-likeness (QED) is 0.836. The molecule has 1 saturated heterocycles. The SMILES string of the molecule is COC(=O)c1cc(Cl)ccc1S(=O)(=O)N(C)C1CCNC1. The van der Waals surface area contributed by atoms with Gasteiger partial charge >= 0.3 is 5.97 Å². The average Bonchev–Trinajstić information content (AvgIpc) is 2.99. The summed E-state index contributed by atoms with van der Waals surface area (Å²) < 4.78 is 31.4. The molecule has 1 aromatic rings. The van der Waals surface area contributed by atoms with Crippen LogP contribution in [-0.4, -0.2) is 52.0 Å². The maximum Gasteiger partial charge on any atom is 0.339 e. The minimum absolute atomic E-state index is 0.0530. The van der Waals surface area contributed by atoms with Gasteiger partial charge in [0.2, 0.25) is 10.0 Å². The summed E-state index contributed by atoms with van der Waals surface area (Å²) in [5.41, 5.74) is -0.0530. The van der Waals surface area contributed by atoms with Crippen LogP contribution in [0.1, 0.15) is 16.8 Å². The van der Waals surface area contributed by atoms with Crippen molar-refractivity contribution in [2.75, 3.05) is 27.2 Å². The van der Waals surface area contributed by atoms with E-state index in [-0.39, 0.29) is 21.5 Å². The van der Waals surface area contributed by atoms with Gasteiger partial charge in [-0.2, -0.15) is 4.31 Å². The number of rotatable bonds is 4. The Balaban J connectivity index is 2.46. The van der Waals surface area contributed by atoms with Crippen molar-refractivity contribution in [1.82, 2.24) is 9.62 Å². The Morgan fingerprint density at radius 2 is 2.19 bits per heavy atom. The normalized spacial score (nSPS) is 19.0. The summed E-state index contributed by atoms with van der Waals surface area (Å²) in [5.74, 6) is -0.728. The van der Waals surface area contributed by atoms with Crippen molar-refractivity contribution in [3.8, 4) is 0 Å². The molecule has 0 spiro atoms. The lowest BCUT2D eigenvalue weighted by Crippen LogP contribution is -2.38. The Hall–Kier alpha value is -1.15. The number of carbonyl (C=O) groups is 1. The molecule has 1 aromatic carbocycles. The Kier molecular flexibility index (Phi) is 4.88. The van der Waals surface area contributed by atoms with Crippen molar-refractivity contribution in [3.05, 3.63) is 28.8 Å². The van der Waals surface area contributed by atoms with Crippen LogP contribution in [0.5, 0.6) is 0 Å². The molecule has 21 heavy (non-hydrogen) atoms. The van der Waals surface area contributed by atoms with E-state index in [1.165, 1.54) is 36.7 Å². The zero-order valence-electron chi connectivity index (χ0n) is 11.8. The van der Waals surface area contributed by atoms with Crippen LogP contribution in [0.2, 0.25) is 5.02 Å². The fraction of sp³-hybridized carbons (Fsp3) is 0.462. The van der Waals surface area contributed by atoms with E-state index in [1.54, 1.807) is 0 Å². The number of nitrogens with zero attached hydrogens (tertiary/aromatic N) is 1. The summed E-state index contributed by atoms with van der Waals surface area (Å²) in [5, 5.41) is 3.39. The Morgan fingerprint density at radius 1 is 1.48 bits per heavy atom. The molecule has 0 aromatic heterocycles. The number of likely N-dealkylation sites (N-methyl/N-ethyl adjacent to an activating group) is 1. The van der Waals surface area contributed by atoms with Crippen LogP contribution >= 0.6 is 11.6 Å². The second-order valence-corrected chi connectivity index (χ2v) is 7.20. The molecule has 8 heteroatoms. The highest BCUT2D eigenvalue weighted by molar-refractivity contribution is 7.89. The molecule has 2 rings (SSSR count). The van der Waals surface area contributed by atoms with Crippen LogP contribution in [0.3, 0.4) is 0 Å². The maximum absolute atomic E-state index is 12.7. The van der Waals surface area contributed by atoms with Crippen LogP contribution < -0.4 is 5.32 Å². The van der Waals surface area contributed by atoms with Crippen LogP contribution in [0.25, 0.3) is 0 Å². The minimum Gasteiger partial charge on any atom is -0.465 e. The summed E-state index contributed by atoms with van der Waals surface area (Å²) in [7, 11) is -1.08. The van der Waals surface area contributed by atoms with Crippen molar-refractivity contribution >= 4 is 27.6 Å². The fourth-order valence-corrected chi connectivity index (χ4v) is 4.01. The third-order valence-electron chi connectivity index (χ3n) is 3.55. The zero-order chi connectivity index (χ0) is 15.6. The van der Waals surface area contributed by atoms with E-state index in [0.29, 0.717) is 6.54 Å². The van der Waals surface area contributed by atoms with Gasteiger partial charge in [0.1, 0.15) is 0 Å². The highest BCUT2D eigenvalue weighted by atomic mass is 35.5. The molecule has 0 radical (unpaired) electrons. The van der Waals surface area contributed by atoms with E-state index >= 15 is 0 Å². The monoisotopic (exact) mass is 332 g/mol. The lowest BCUT2D eigenvalue weighted by atomic mass is 10.2. The molecular weight excluding hydrogens is 316 g/mol. The van der Waals surface area contributed by atoms with E-state index in [0.717, 1.165) is 13.0 Å². The Bertz CT molecular complexity index is 642. The third-order valence-corrected chi connectivity index (χ3v) is 5.76. The van der Waals surface area contributed by atoms with Gasteiger partial charge in [-0.1, -0.05) is 11.6 Å². The van der Waals surface area contributed by atoms with Crippen LogP contribution in [0.15, 0.2) is 23.1 Å². The van der Waals surface area contributed by atoms with Crippen molar-refractivity contribution in [2.45, 2.75) is 17.4 Å². The molecule has 116 valence electrons. The molecule has 0 saturated carbocycles. The Labute approximate surface area is 129 Å². The van der Waals surface area contributed by atoms with Gasteiger partial charge in [0.05, 0.1) is 17.6 Å².